The van der Waals surface area contributed by atoms with Crippen LogP contribution in [0.3, 0.4) is 0 Å². The molecule has 0 radical (unpaired) electrons. The van der Waals surface area contributed by atoms with Gasteiger partial charge in [-0.15, -0.1) is 0 Å². The van der Waals surface area contributed by atoms with Crippen LogP contribution < -0.4 is 5.32 Å². The van der Waals surface area contributed by atoms with Gasteiger partial charge in [-0.25, -0.2) is 14.4 Å². The summed E-state index contributed by atoms with van der Waals surface area (Å²) < 4.78 is 42.0. The molecule has 3 aromatic rings. The molecule has 13 atom stereocenters. The Kier molecular flexibility index (Phi) is 10.4. The summed E-state index contributed by atoms with van der Waals surface area (Å²) in [7, 11) is 0. The van der Waals surface area contributed by atoms with Crippen LogP contribution in [0.1, 0.15) is 73.6 Å². The molecule has 1 aromatic heterocycles. The molecule has 2 bridgehead atoms. The Morgan fingerprint density at radius 2 is 1.59 bits per heavy atom. The number of carbonyl (C=O) groups excluding carboxylic acids is 5. The Labute approximate surface area is 349 Å². The first kappa shape index (κ1) is 42.1. The number of benzene rings is 2. The van der Waals surface area contributed by atoms with Crippen LogP contribution in [-0.2, 0) is 38.0 Å². The van der Waals surface area contributed by atoms with Crippen LogP contribution in [0.5, 0.6) is 0 Å². The van der Waals surface area contributed by atoms with Crippen molar-refractivity contribution in [2.75, 3.05) is 6.61 Å². The van der Waals surface area contributed by atoms with Gasteiger partial charge in [-0.1, -0.05) is 69.3 Å². The lowest BCUT2D eigenvalue weighted by Crippen LogP contribution is -2.83. The molecule has 2 saturated heterocycles. The van der Waals surface area contributed by atoms with Gasteiger partial charge in [0.25, 0.3) is 5.91 Å². The summed E-state index contributed by atoms with van der Waals surface area (Å²) >= 11 is 0. The number of aliphatic hydroxyl groups is 4. The van der Waals surface area contributed by atoms with E-state index in [1.807, 2.05) is 0 Å². The monoisotopic (exact) mass is 845 g/mol. The highest BCUT2D eigenvalue weighted by molar-refractivity contribution is 5.92. The van der Waals surface area contributed by atoms with Crippen LogP contribution in [0.4, 0.5) is 4.79 Å². The topological polar surface area (TPSA) is 247 Å². The molecule has 3 aliphatic carbocycles. The predicted octanol–water partition coefficient (Wildman–Crippen LogP) is 2.70. The number of hydrogen-bond donors (Lipinski definition) is 5. The highest BCUT2D eigenvalue weighted by Crippen LogP contribution is 2.67. The number of amides is 1. The predicted molar refractivity (Wildman–Crippen MR) is 206 cm³/mol. The van der Waals surface area contributed by atoms with E-state index in [2.05, 4.69) is 5.32 Å². The number of hydrogen-bond acceptors (Lipinski definition) is 16. The second-order valence-corrected chi connectivity index (χ2v) is 17.1. The molecule has 4 fully saturated rings. The molecule has 5 aliphatic rings. The molecule has 1 spiro atoms. The van der Waals surface area contributed by atoms with Crippen LogP contribution in [0.2, 0.25) is 0 Å². The van der Waals surface area contributed by atoms with E-state index in [0.717, 1.165) is 6.92 Å². The van der Waals surface area contributed by atoms with E-state index in [4.69, 9.17) is 32.8 Å². The molecule has 8 rings (SSSR count). The molecule has 5 N–H and O–H groups in total. The van der Waals surface area contributed by atoms with Crippen LogP contribution >= 0.6 is 0 Å². The molecule has 61 heavy (non-hydrogen) atoms. The van der Waals surface area contributed by atoms with Crippen molar-refractivity contribution in [2.45, 2.75) is 107 Å². The third kappa shape index (κ3) is 6.27. The standard InChI is InChI=1S/C44H47NO16/c1-21-28-30(48)34(50)42(5)26(47)19-27-43(20-56-27,60-22(2)46)33(42)36(58-38(52)24-15-10-7-11-16-24)44(41(28,3)4)35(59-40(54)61-44)32(21)57-39(53)31(49)29(23-13-8-6-9-14-23)45-37(51)25-17-12-18-55-25/h6-18,26-27,29-36,47-50H,19-20H2,1-5H3,(H,45,51)/t26-,27+,29-,30+,31+,32+,33?,34+,35-,36-,42+,43-,44+/m0/s1. The number of esters is 3. The zero-order valence-corrected chi connectivity index (χ0v) is 33.9. The minimum absolute atomic E-state index is 0.0197. The third-order valence-electron chi connectivity index (χ3n) is 13.6. The number of fused-ring (bicyclic) bond motifs is 4. The lowest BCUT2D eigenvalue weighted by atomic mass is 9.44. The lowest BCUT2D eigenvalue weighted by molar-refractivity contribution is -0.364. The second kappa shape index (κ2) is 15.1. The smallest absolute Gasteiger partial charge is 0.459 e. The summed E-state index contributed by atoms with van der Waals surface area (Å²) in [6.07, 6.45) is -13.9. The number of carbonyl (C=O) groups is 5. The largest absolute Gasteiger partial charge is 0.509 e. The molecule has 2 aromatic carbocycles. The highest BCUT2D eigenvalue weighted by atomic mass is 16.8. The second-order valence-electron chi connectivity index (χ2n) is 17.1. The molecule has 2 saturated carbocycles. The van der Waals surface area contributed by atoms with Crippen molar-refractivity contribution in [2.24, 2.45) is 16.7 Å². The molecular weight excluding hydrogens is 798 g/mol. The van der Waals surface area contributed by atoms with Crippen molar-refractivity contribution < 1.29 is 77.2 Å². The number of ether oxygens (including phenoxy) is 6. The maximum Gasteiger partial charge on any atom is 0.509 e. The minimum atomic E-state index is -2.30. The van der Waals surface area contributed by atoms with Crippen LogP contribution in [0.15, 0.2) is 94.6 Å². The number of aliphatic hydroxyl groups excluding tert-OH is 4. The van der Waals surface area contributed by atoms with E-state index in [-0.39, 0.29) is 35.5 Å². The van der Waals surface area contributed by atoms with E-state index in [0.29, 0.717) is 5.56 Å². The van der Waals surface area contributed by atoms with Crippen LogP contribution in [0, 0.1) is 16.7 Å². The van der Waals surface area contributed by atoms with Gasteiger partial charge in [0.15, 0.2) is 35.8 Å². The number of nitrogens with one attached hydrogen (secondary N) is 1. The highest BCUT2D eigenvalue weighted by Gasteiger charge is 2.82. The fourth-order valence-electron chi connectivity index (χ4n) is 10.7. The van der Waals surface area contributed by atoms with Gasteiger partial charge in [0.2, 0.25) is 5.60 Å². The van der Waals surface area contributed by atoms with E-state index in [1.54, 1.807) is 62.4 Å². The van der Waals surface area contributed by atoms with E-state index in [9.17, 15) is 44.4 Å². The summed E-state index contributed by atoms with van der Waals surface area (Å²) in [6, 6.07) is 17.3. The maximum absolute atomic E-state index is 14.4. The average Bonchev–Trinajstić information content (AvgIpc) is 3.90. The van der Waals surface area contributed by atoms with E-state index in [1.165, 1.54) is 44.4 Å². The average molecular weight is 846 g/mol. The fourth-order valence-corrected chi connectivity index (χ4v) is 10.7. The van der Waals surface area contributed by atoms with E-state index >= 15 is 0 Å². The first-order chi connectivity index (χ1) is 28.9. The SMILES string of the molecule is CC(=O)O[C@@]12CO[C@@H]1C[C@H](O)[C@]1(C)C2[C@H](OC(=O)c2ccccc2)[C@]23OC(=O)O[C@H]2[C@H](OC(=O)[C@H](O)[C@@H](NC(=O)c2ccco2)c2ccccc2)C(C)=C([C@@H](O)[C@H]1O)C3(C)C. The Morgan fingerprint density at radius 1 is 0.918 bits per heavy atom. The van der Waals surface area contributed by atoms with Crippen molar-refractivity contribution in [1.29, 1.82) is 0 Å². The Morgan fingerprint density at radius 3 is 2.20 bits per heavy atom. The van der Waals surface area contributed by atoms with Crippen LogP contribution in [-0.4, -0.2) is 117 Å². The Bertz CT molecular complexity index is 2240. The van der Waals surface area contributed by atoms with E-state index < -0.39 is 113 Å². The van der Waals surface area contributed by atoms with Gasteiger partial charge >= 0.3 is 24.1 Å². The van der Waals surface area contributed by atoms with Crippen LogP contribution in [0.25, 0.3) is 0 Å². The van der Waals surface area contributed by atoms with Gasteiger partial charge in [0.1, 0.15) is 12.2 Å². The molecule has 324 valence electrons. The van der Waals surface area contributed by atoms with Gasteiger partial charge in [-0.2, -0.15) is 0 Å². The summed E-state index contributed by atoms with van der Waals surface area (Å²) in [4.78, 5) is 68.8. The first-order valence-corrected chi connectivity index (χ1v) is 19.9. The molecular formula is C44H47NO16. The van der Waals surface area contributed by atoms with Gasteiger partial charge in [-0.05, 0) is 47.9 Å². The summed E-state index contributed by atoms with van der Waals surface area (Å²) in [5.74, 6) is -5.43. The van der Waals surface area contributed by atoms with Gasteiger partial charge in [-0.3, -0.25) is 9.59 Å². The molecule has 17 nitrogen and oxygen atoms in total. The zero-order chi connectivity index (χ0) is 43.8. The Hall–Kier alpha value is -5.59. The molecule has 2 aliphatic heterocycles. The normalized spacial score (nSPS) is 35.5. The maximum atomic E-state index is 14.4. The van der Waals surface area contributed by atoms with Gasteiger partial charge in [0.05, 0.1) is 42.6 Å². The number of furan rings is 1. The third-order valence-corrected chi connectivity index (χ3v) is 13.6. The van der Waals surface area contributed by atoms with Crippen molar-refractivity contribution in [3.05, 3.63) is 107 Å². The molecule has 1 unspecified atom stereocenters. The molecule has 17 heteroatoms. The number of rotatable bonds is 9. The van der Waals surface area contributed by atoms with Crippen molar-refractivity contribution >= 4 is 30.0 Å². The lowest BCUT2D eigenvalue weighted by Gasteiger charge is -2.68. The van der Waals surface area contributed by atoms with Gasteiger partial charge in [0, 0.05) is 24.2 Å². The quantitative estimate of drug-likeness (QED) is 0.118. The fraction of sp³-hybridized carbons (Fsp3) is 0.477. The summed E-state index contributed by atoms with van der Waals surface area (Å²) in [5.41, 5.74) is -7.22. The Balaban J connectivity index is 1.30. The van der Waals surface area contributed by atoms with Crippen molar-refractivity contribution in [1.82, 2.24) is 5.32 Å². The first-order valence-electron chi connectivity index (χ1n) is 19.9. The minimum Gasteiger partial charge on any atom is -0.459 e. The summed E-state index contributed by atoms with van der Waals surface area (Å²) in [5, 5.41) is 51.4. The molecule has 3 heterocycles. The zero-order valence-electron chi connectivity index (χ0n) is 33.9. The molecule has 1 amide bonds. The summed E-state index contributed by atoms with van der Waals surface area (Å²) in [6.45, 7) is 6.91. The van der Waals surface area contributed by atoms with Crippen molar-refractivity contribution in [3.8, 4) is 0 Å². The van der Waals surface area contributed by atoms with Crippen molar-refractivity contribution in [3.63, 3.8) is 0 Å². The van der Waals surface area contributed by atoms with Gasteiger partial charge < -0.3 is 58.6 Å².